The van der Waals surface area contributed by atoms with Gasteiger partial charge in [0.15, 0.2) is 0 Å². The molecule has 4 aromatic rings. The maximum atomic E-state index is 13.9. The Labute approximate surface area is 185 Å². The second-order valence-electron chi connectivity index (χ2n) is 7.64. The van der Waals surface area contributed by atoms with Crippen LogP contribution in [0.5, 0.6) is 0 Å². The lowest BCUT2D eigenvalue weighted by Gasteiger charge is -2.17. The molecule has 3 aromatic carbocycles. The van der Waals surface area contributed by atoms with Gasteiger partial charge in [0.25, 0.3) is 5.91 Å². The van der Waals surface area contributed by atoms with Gasteiger partial charge in [0, 0.05) is 5.56 Å². The van der Waals surface area contributed by atoms with Gasteiger partial charge >= 0.3 is 0 Å². The van der Waals surface area contributed by atoms with Crippen molar-refractivity contribution in [1.82, 2.24) is 14.9 Å². The Balaban J connectivity index is 1.60. The second kappa shape index (κ2) is 9.01. The number of halogens is 1. The number of rotatable bonds is 6. The minimum atomic E-state index is -0.504. The second-order valence-corrected chi connectivity index (χ2v) is 7.64. The van der Waals surface area contributed by atoms with Crippen LogP contribution in [0, 0.1) is 12.7 Å². The van der Waals surface area contributed by atoms with Gasteiger partial charge in [-0.25, -0.2) is 9.37 Å². The highest BCUT2D eigenvalue weighted by Gasteiger charge is 2.21. The van der Waals surface area contributed by atoms with Gasteiger partial charge in [-0.2, -0.15) is 0 Å². The van der Waals surface area contributed by atoms with Gasteiger partial charge in [0.1, 0.15) is 18.2 Å². The number of nitrogens with zero attached hydrogens (tertiary/aromatic N) is 2. The number of hydrogen-bond donors (Lipinski definition) is 2. The molecule has 1 heterocycles. The number of amides is 2. The quantitative estimate of drug-likeness (QED) is 0.469. The molecule has 0 aliphatic rings. The van der Waals surface area contributed by atoms with E-state index in [4.69, 9.17) is 0 Å². The Hall–Kier alpha value is -4.00. The molecule has 0 bridgehead atoms. The van der Waals surface area contributed by atoms with Gasteiger partial charge in [0.05, 0.1) is 22.8 Å². The number of carbonyl (C=O) groups excluding carboxylic acids is 2. The van der Waals surface area contributed by atoms with E-state index in [9.17, 15) is 14.0 Å². The Morgan fingerprint density at radius 2 is 1.78 bits per heavy atom. The zero-order valence-electron chi connectivity index (χ0n) is 17.8. The summed E-state index contributed by atoms with van der Waals surface area (Å²) < 4.78 is 15.7. The van der Waals surface area contributed by atoms with E-state index >= 15 is 0 Å². The number of imidazole rings is 1. The molecule has 1 unspecified atom stereocenters. The van der Waals surface area contributed by atoms with E-state index in [0.29, 0.717) is 16.9 Å². The third kappa shape index (κ3) is 4.51. The Morgan fingerprint density at radius 1 is 1.03 bits per heavy atom. The Kier molecular flexibility index (Phi) is 5.98. The van der Waals surface area contributed by atoms with Crippen molar-refractivity contribution in [3.63, 3.8) is 0 Å². The van der Waals surface area contributed by atoms with Gasteiger partial charge in [-0.3, -0.25) is 9.59 Å². The number of para-hydroxylation sites is 3. The molecule has 6 nitrogen and oxygen atoms in total. The number of aromatic nitrogens is 2. The van der Waals surface area contributed by atoms with Crippen LogP contribution < -0.4 is 10.6 Å². The number of nitrogens with one attached hydrogen (secondary N) is 2. The third-order valence-corrected chi connectivity index (χ3v) is 5.15. The molecule has 0 spiro atoms. The molecule has 0 saturated carbocycles. The molecule has 1 aromatic heterocycles. The number of hydrogen-bond acceptors (Lipinski definition) is 3. The van der Waals surface area contributed by atoms with E-state index in [1.54, 1.807) is 22.8 Å². The summed E-state index contributed by atoms with van der Waals surface area (Å²) in [5, 5.41) is 5.56. The van der Waals surface area contributed by atoms with Crippen LogP contribution in [0.2, 0.25) is 0 Å². The van der Waals surface area contributed by atoms with Gasteiger partial charge in [-0.1, -0.05) is 42.0 Å². The van der Waals surface area contributed by atoms with Crippen LogP contribution in [0.25, 0.3) is 11.0 Å². The van der Waals surface area contributed by atoms with E-state index in [2.05, 4.69) is 15.6 Å². The van der Waals surface area contributed by atoms with Crippen LogP contribution in [0.3, 0.4) is 0 Å². The molecule has 2 amide bonds. The topological polar surface area (TPSA) is 76.0 Å². The summed E-state index contributed by atoms with van der Waals surface area (Å²) in [5.41, 5.74) is 3.11. The molecule has 162 valence electrons. The molecule has 0 radical (unpaired) electrons. The molecule has 0 fully saturated rings. The number of aryl methyl sites for hydroxylation is 1. The van der Waals surface area contributed by atoms with E-state index in [1.165, 1.54) is 12.1 Å². The highest BCUT2D eigenvalue weighted by Crippen LogP contribution is 2.22. The van der Waals surface area contributed by atoms with Crippen LogP contribution in [-0.2, 0) is 11.3 Å². The normalized spacial score (nSPS) is 11.8. The standard InChI is InChI=1S/C25H23FN4O2/c1-16-8-7-9-18(14-16)25(32)27-17(2)24-29-21-12-5-6-13-22(21)30(24)15-23(31)28-20-11-4-3-10-19(20)26/h3-14,17H,15H2,1-2H3,(H,27,32)(H,28,31). The molecule has 32 heavy (non-hydrogen) atoms. The van der Waals surface area contributed by atoms with Crippen molar-refractivity contribution in [2.45, 2.75) is 26.4 Å². The molecule has 0 aliphatic carbocycles. The summed E-state index contributed by atoms with van der Waals surface area (Å²) in [5.74, 6) is -0.585. The molecule has 0 aliphatic heterocycles. The molecule has 7 heteroatoms. The number of benzene rings is 3. The van der Waals surface area contributed by atoms with Crippen molar-refractivity contribution >= 4 is 28.5 Å². The summed E-state index contributed by atoms with van der Waals surface area (Å²) in [6.45, 7) is 3.67. The molecular weight excluding hydrogens is 407 g/mol. The molecule has 4 rings (SSSR count). The van der Waals surface area contributed by atoms with Crippen molar-refractivity contribution in [2.24, 2.45) is 0 Å². The SMILES string of the molecule is Cc1cccc(C(=O)NC(C)c2nc3ccccc3n2CC(=O)Nc2ccccc2F)c1. The average molecular weight is 430 g/mol. The summed E-state index contributed by atoms with van der Waals surface area (Å²) in [6.07, 6.45) is 0. The van der Waals surface area contributed by atoms with E-state index in [1.807, 2.05) is 56.3 Å². The number of carbonyl (C=O) groups is 2. The van der Waals surface area contributed by atoms with Crippen molar-refractivity contribution in [3.8, 4) is 0 Å². The zero-order chi connectivity index (χ0) is 22.7. The lowest BCUT2D eigenvalue weighted by molar-refractivity contribution is -0.116. The van der Waals surface area contributed by atoms with Crippen LogP contribution in [0.1, 0.15) is 34.7 Å². The fourth-order valence-corrected chi connectivity index (χ4v) is 3.62. The fourth-order valence-electron chi connectivity index (χ4n) is 3.62. The maximum absolute atomic E-state index is 13.9. The fraction of sp³-hybridized carbons (Fsp3) is 0.160. The van der Waals surface area contributed by atoms with Crippen LogP contribution in [-0.4, -0.2) is 21.4 Å². The molecular formula is C25H23FN4O2. The van der Waals surface area contributed by atoms with Crippen molar-refractivity contribution in [3.05, 3.63) is 95.6 Å². The monoisotopic (exact) mass is 430 g/mol. The Morgan fingerprint density at radius 3 is 2.56 bits per heavy atom. The molecule has 2 N–H and O–H groups in total. The predicted octanol–water partition coefficient (Wildman–Crippen LogP) is 4.61. The zero-order valence-corrected chi connectivity index (χ0v) is 17.8. The summed E-state index contributed by atoms with van der Waals surface area (Å²) >= 11 is 0. The van der Waals surface area contributed by atoms with Gasteiger partial charge < -0.3 is 15.2 Å². The minimum absolute atomic E-state index is 0.0746. The first-order valence-corrected chi connectivity index (χ1v) is 10.3. The smallest absolute Gasteiger partial charge is 0.251 e. The van der Waals surface area contributed by atoms with E-state index in [0.717, 1.165) is 11.1 Å². The minimum Gasteiger partial charge on any atom is -0.342 e. The highest BCUT2D eigenvalue weighted by molar-refractivity contribution is 5.95. The highest BCUT2D eigenvalue weighted by atomic mass is 19.1. The van der Waals surface area contributed by atoms with Gasteiger partial charge in [-0.05, 0) is 50.2 Å². The lowest BCUT2D eigenvalue weighted by Crippen LogP contribution is -2.30. The van der Waals surface area contributed by atoms with Crippen molar-refractivity contribution in [1.29, 1.82) is 0 Å². The van der Waals surface area contributed by atoms with Gasteiger partial charge in [0.2, 0.25) is 5.91 Å². The largest absolute Gasteiger partial charge is 0.342 e. The number of anilines is 1. The van der Waals surface area contributed by atoms with Crippen LogP contribution >= 0.6 is 0 Å². The summed E-state index contributed by atoms with van der Waals surface area (Å²) in [4.78, 5) is 30.1. The van der Waals surface area contributed by atoms with E-state index in [-0.39, 0.29) is 18.1 Å². The average Bonchev–Trinajstić information content (AvgIpc) is 3.14. The van der Waals surface area contributed by atoms with Crippen molar-refractivity contribution < 1.29 is 14.0 Å². The summed E-state index contributed by atoms with van der Waals surface area (Å²) in [6, 6.07) is 20.3. The Bertz CT molecular complexity index is 1300. The maximum Gasteiger partial charge on any atom is 0.251 e. The first-order valence-electron chi connectivity index (χ1n) is 10.3. The lowest BCUT2D eigenvalue weighted by atomic mass is 10.1. The van der Waals surface area contributed by atoms with Crippen LogP contribution in [0.4, 0.5) is 10.1 Å². The molecule has 0 saturated heterocycles. The van der Waals surface area contributed by atoms with Crippen LogP contribution in [0.15, 0.2) is 72.8 Å². The third-order valence-electron chi connectivity index (χ3n) is 5.15. The predicted molar refractivity (Wildman–Crippen MR) is 122 cm³/mol. The van der Waals surface area contributed by atoms with Gasteiger partial charge in [-0.15, -0.1) is 0 Å². The summed E-state index contributed by atoms with van der Waals surface area (Å²) in [7, 11) is 0. The first-order chi connectivity index (χ1) is 15.4. The number of fused-ring (bicyclic) bond motifs is 1. The van der Waals surface area contributed by atoms with E-state index < -0.39 is 17.8 Å². The molecule has 1 atom stereocenters. The first kappa shape index (κ1) is 21.2. The van der Waals surface area contributed by atoms with Crippen molar-refractivity contribution in [2.75, 3.05) is 5.32 Å².